The monoisotopic (exact) mass is 339 g/mol. The summed E-state index contributed by atoms with van der Waals surface area (Å²) in [5, 5.41) is 0. The van der Waals surface area contributed by atoms with Crippen LogP contribution in [0.5, 0.6) is 0 Å². The Bertz CT molecular complexity index is 384. The molecule has 2 N–H and O–H groups in total. The van der Waals surface area contributed by atoms with E-state index in [-0.39, 0.29) is 12.5 Å². The first kappa shape index (κ1) is 16.5. The number of benzene rings is 1. The van der Waals surface area contributed by atoms with Crippen molar-refractivity contribution in [3.8, 4) is 0 Å². The first-order valence-electron chi connectivity index (χ1n) is 6.03. The number of nitrogens with two attached hydrogens (primary N) is 1. The molecular weight excluding hydrogens is 323 g/mol. The lowest BCUT2D eigenvalue weighted by atomic mass is 9.94. The van der Waals surface area contributed by atoms with Gasteiger partial charge in [-0.25, -0.2) is 0 Å². The van der Waals surface area contributed by atoms with E-state index in [2.05, 4.69) is 20.7 Å². The van der Waals surface area contributed by atoms with Gasteiger partial charge in [-0.2, -0.15) is 13.2 Å². The molecule has 0 saturated heterocycles. The van der Waals surface area contributed by atoms with E-state index in [0.29, 0.717) is 19.4 Å². The second kappa shape index (κ2) is 7.87. The average Bonchev–Trinajstić information content (AvgIpc) is 2.34. The van der Waals surface area contributed by atoms with Crippen LogP contribution in [0.2, 0.25) is 0 Å². The van der Waals surface area contributed by atoms with Crippen molar-refractivity contribution in [2.45, 2.75) is 24.9 Å². The van der Waals surface area contributed by atoms with Gasteiger partial charge in [0.1, 0.15) is 6.61 Å². The van der Waals surface area contributed by atoms with E-state index < -0.39 is 12.8 Å². The fourth-order valence-corrected chi connectivity index (χ4v) is 2.43. The SMILES string of the molecule is NCC(CCCOCC(F)(F)F)c1ccccc1Br. The van der Waals surface area contributed by atoms with Crippen LogP contribution < -0.4 is 5.73 Å². The molecule has 0 amide bonds. The minimum absolute atomic E-state index is 0.0977. The van der Waals surface area contributed by atoms with Gasteiger partial charge in [0, 0.05) is 11.1 Å². The quantitative estimate of drug-likeness (QED) is 0.766. The molecule has 1 unspecified atom stereocenters. The minimum Gasteiger partial charge on any atom is -0.372 e. The van der Waals surface area contributed by atoms with E-state index in [1.54, 1.807) is 0 Å². The Morgan fingerprint density at radius 3 is 2.53 bits per heavy atom. The number of halogens is 4. The molecule has 0 saturated carbocycles. The third-order valence-corrected chi connectivity index (χ3v) is 3.46. The molecule has 0 fully saturated rings. The molecule has 0 aliphatic carbocycles. The minimum atomic E-state index is -4.25. The van der Waals surface area contributed by atoms with E-state index in [1.807, 2.05) is 24.3 Å². The Morgan fingerprint density at radius 1 is 1.26 bits per heavy atom. The van der Waals surface area contributed by atoms with Gasteiger partial charge in [-0.05, 0) is 36.9 Å². The highest BCUT2D eigenvalue weighted by atomic mass is 79.9. The second-order valence-electron chi connectivity index (χ2n) is 4.26. The number of rotatable bonds is 7. The smallest absolute Gasteiger partial charge is 0.372 e. The first-order valence-corrected chi connectivity index (χ1v) is 6.82. The van der Waals surface area contributed by atoms with Crippen LogP contribution in [0.15, 0.2) is 28.7 Å². The van der Waals surface area contributed by atoms with Gasteiger partial charge in [0.25, 0.3) is 0 Å². The van der Waals surface area contributed by atoms with Crippen molar-refractivity contribution in [1.82, 2.24) is 0 Å². The third kappa shape index (κ3) is 6.40. The fraction of sp³-hybridized carbons (Fsp3) is 0.538. The van der Waals surface area contributed by atoms with Gasteiger partial charge < -0.3 is 10.5 Å². The standard InChI is InChI=1S/C13H17BrF3NO/c14-12-6-2-1-5-11(12)10(8-18)4-3-7-19-9-13(15,16)17/h1-2,5-6,10H,3-4,7-9,18H2. The van der Waals surface area contributed by atoms with Crippen molar-refractivity contribution >= 4 is 15.9 Å². The molecule has 0 bridgehead atoms. The summed E-state index contributed by atoms with van der Waals surface area (Å²) in [7, 11) is 0. The summed E-state index contributed by atoms with van der Waals surface area (Å²) in [6.07, 6.45) is -2.99. The average molecular weight is 340 g/mol. The highest BCUT2D eigenvalue weighted by molar-refractivity contribution is 9.10. The van der Waals surface area contributed by atoms with Crippen molar-refractivity contribution in [3.63, 3.8) is 0 Å². The molecule has 0 spiro atoms. The molecule has 0 aromatic heterocycles. The Balaban J connectivity index is 2.36. The molecule has 0 aliphatic heterocycles. The van der Waals surface area contributed by atoms with Crippen molar-refractivity contribution in [3.05, 3.63) is 34.3 Å². The molecule has 1 rings (SSSR count). The Kier molecular flexibility index (Phi) is 6.82. The van der Waals surface area contributed by atoms with Gasteiger partial charge in [0.05, 0.1) is 0 Å². The van der Waals surface area contributed by atoms with Crippen LogP contribution in [0.25, 0.3) is 0 Å². The van der Waals surface area contributed by atoms with Crippen LogP contribution in [0, 0.1) is 0 Å². The molecule has 1 aromatic carbocycles. The maximum Gasteiger partial charge on any atom is 0.411 e. The van der Waals surface area contributed by atoms with Gasteiger partial charge in [0.15, 0.2) is 0 Å². The highest BCUT2D eigenvalue weighted by Gasteiger charge is 2.27. The summed E-state index contributed by atoms with van der Waals surface area (Å²) in [6, 6.07) is 7.73. The fourth-order valence-electron chi connectivity index (χ4n) is 1.83. The lowest BCUT2D eigenvalue weighted by Crippen LogP contribution is -2.18. The summed E-state index contributed by atoms with van der Waals surface area (Å²) >= 11 is 3.45. The highest BCUT2D eigenvalue weighted by Crippen LogP contribution is 2.27. The molecule has 0 radical (unpaired) electrons. The molecule has 1 atom stereocenters. The molecule has 1 aromatic rings. The number of hydrogen-bond donors (Lipinski definition) is 1. The Labute approximate surface area is 119 Å². The lowest BCUT2D eigenvalue weighted by molar-refractivity contribution is -0.174. The summed E-state index contributed by atoms with van der Waals surface area (Å²) in [6.45, 7) is -0.627. The normalized spacial score (nSPS) is 13.5. The number of alkyl halides is 3. The van der Waals surface area contributed by atoms with E-state index >= 15 is 0 Å². The van der Waals surface area contributed by atoms with Gasteiger partial charge in [-0.3, -0.25) is 0 Å². The predicted octanol–water partition coefficient (Wildman–Crippen LogP) is 3.85. The van der Waals surface area contributed by atoms with Crippen LogP contribution in [0.4, 0.5) is 13.2 Å². The number of ether oxygens (including phenoxy) is 1. The first-order chi connectivity index (χ1) is 8.94. The van der Waals surface area contributed by atoms with E-state index in [9.17, 15) is 13.2 Å². The molecule has 0 aliphatic rings. The largest absolute Gasteiger partial charge is 0.411 e. The topological polar surface area (TPSA) is 35.2 Å². The van der Waals surface area contributed by atoms with Gasteiger partial charge in [-0.15, -0.1) is 0 Å². The van der Waals surface area contributed by atoms with Crippen LogP contribution in [-0.4, -0.2) is 25.9 Å². The lowest BCUT2D eigenvalue weighted by Gasteiger charge is -2.17. The van der Waals surface area contributed by atoms with Crippen LogP contribution in [0.3, 0.4) is 0 Å². The molecule has 0 heterocycles. The van der Waals surface area contributed by atoms with Crippen molar-refractivity contribution in [1.29, 1.82) is 0 Å². The summed E-state index contributed by atoms with van der Waals surface area (Å²) in [5.41, 5.74) is 6.80. The van der Waals surface area contributed by atoms with Crippen LogP contribution in [0.1, 0.15) is 24.3 Å². The Hall–Kier alpha value is -0.590. The molecule has 108 valence electrons. The van der Waals surface area contributed by atoms with E-state index in [4.69, 9.17) is 5.73 Å². The summed E-state index contributed by atoms with van der Waals surface area (Å²) in [4.78, 5) is 0. The van der Waals surface area contributed by atoms with Crippen molar-refractivity contribution in [2.75, 3.05) is 19.8 Å². The predicted molar refractivity (Wildman–Crippen MR) is 72.0 cm³/mol. The van der Waals surface area contributed by atoms with Crippen molar-refractivity contribution < 1.29 is 17.9 Å². The maximum atomic E-state index is 11.9. The zero-order chi connectivity index (χ0) is 14.3. The zero-order valence-electron chi connectivity index (χ0n) is 10.4. The summed E-state index contributed by atoms with van der Waals surface area (Å²) < 4.78 is 41.2. The van der Waals surface area contributed by atoms with E-state index in [1.165, 1.54) is 0 Å². The van der Waals surface area contributed by atoms with Gasteiger partial charge >= 0.3 is 6.18 Å². The van der Waals surface area contributed by atoms with Gasteiger partial charge in [-0.1, -0.05) is 34.1 Å². The Morgan fingerprint density at radius 2 is 1.95 bits per heavy atom. The maximum absolute atomic E-state index is 11.9. The number of hydrogen-bond acceptors (Lipinski definition) is 2. The zero-order valence-corrected chi connectivity index (χ0v) is 12.0. The third-order valence-electron chi connectivity index (χ3n) is 2.74. The molecular formula is C13H17BrF3NO. The molecule has 2 nitrogen and oxygen atoms in total. The van der Waals surface area contributed by atoms with Crippen LogP contribution >= 0.6 is 15.9 Å². The van der Waals surface area contributed by atoms with Crippen molar-refractivity contribution in [2.24, 2.45) is 5.73 Å². The molecule has 6 heteroatoms. The van der Waals surface area contributed by atoms with E-state index in [0.717, 1.165) is 10.0 Å². The van der Waals surface area contributed by atoms with Crippen LogP contribution in [-0.2, 0) is 4.74 Å². The van der Waals surface area contributed by atoms with Gasteiger partial charge in [0.2, 0.25) is 0 Å². The second-order valence-corrected chi connectivity index (χ2v) is 5.12. The summed E-state index contributed by atoms with van der Waals surface area (Å²) in [5.74, 6) is 0.130. The molecule has 19 heavy (non-hydrogen) atoms.